The molecule has 0 unspecified atom stereocenters. The molecule has 2 aromatic carbocycles. The van der Waals surface area contributed by atoms with Crippen molar-refractivity contribution in [1.29, 1.82) is 0 Å². The number of aliphatic hydroxyl groups excluding tert-OH is 1. The first-order valence-electron chi connectivity index (χ1n) is 10.3. The number of benzene rings is 2. The number of β-amino-alcohol motifs (C(OH)–C–C–N with tert-alkyl or cyclic N) is 1. The standard InChI is InChI=1S/C22H22ClFN4O5/c23-13-1-3-14(4-2-13)26-22(32)28-11-16(29)10-19(28)21(31)25-15-5-6-18(17(24)9-15)27-7-8-33-12-20(27)30/h1-6,9,16,19,29H,7-8,10-12H2,(H,25,31)(H,26,32)/t16-,19-/m1/s1. The van der Waals surface area contributed by atoms with Crippen LogP contribution in [0.2, 0.25) is 5.02 Å². The lowest BCUT2D eigenvalue weighted by Gasteiger charge is -2.27. The van der Waals surface area contributed by atoms with Crippen molar-refractivity contribution in [2.45, 2.75) is 18.6 Å². The lowest BCUT2D eigenvalue weighted by molar-refractivity contribution is -0.125. The summed E-state index contributed by atoms with van der Waals surface area (Å²) in [4.78, 5) is 40.0. The summed E-state index contributed by atoms with van der Waals surface area (Å²) in [7, 11) is 0. The van der Waals surface area contributed by atoms with E-state index in [1.807, 2.05) is 0 Å². The predicted molar refractivity (Wildman–Crippen MR) is 120 cm³/mol. The molecule has 9 nitrogen and oxygen atoms in total. The molecule has 2 aliphatic rings. The van der Waals surface area contributed by atoms with Crippen LogP contribution in [0.15, 0.2) is 42.5 Å². The minimum Gasteiger partial charge on any atom is -0.391 e. The van der Waals surface area contributed by atoms with Crippen LogP contribution < -0.4 is 15.5 Å². The SMILES string of the molecule is O=C(Nc1ccc(N2CCOCC2=O)c(F)c1)[C@H]1C[C@@H](O)CN1C(=O)Nc1ccc(Cl)cc1. The Morgan fingerprint density at radius 2 is 1.85 bits per heavy atom. The maximum absolute atomic E-state index is 14.7. The van der Waals surface area contributed by atoms with Gasteiger partial charge in [-0.1, -0.05) is 11.6 Å². The second kappa shape index (κ2) is 9.74. The van der Waals surface area contributed by atoms with Crippen molar-refractivity contribution in [3.8, 4) is 0 Å². The van der Waals surface area contributed by atoms with Crippen molar-refractivity contribution in [2.24, 2.45) is 0 Å². The van der Waals surface area contributed by atoms with Crippen LogP contribution in [0.1, 0.15) is 6.42 Å². The molecule has 2 heterocycles. The average molecular weight is 477 g/mol. The lowest BCUT2D eigenvalue weighted by Crippen LogP contribution is -2.45. The van der Waals surface area contributed by atoms with Crippen LogP contribution in [0.25, 0.3) is 0 Å². The molecule has 4 amide bonds. The summed E-state index contributed by atoms with van der Waals surface area (Å²) in [5.74, 6) is -1.58. The van der Waals surface area contributed by atoms with Gasteiger partial charge in [-0.25, -0.2) is 9.18 Å². The number of likely N-dealkylation sites (tertiary alicyclic amines) is 1. The van der Waals surface area contributed by atoms with Gasteiger partial charge in [-0.15, -0.1) is 0 Å². The number of ether oxygens (including phenoxy) is 1. The summed E-state index contributed by atoms with van der Waals surface area (Å²) in [6.45, 7) is 0.403. The second-order valence-corrected chi connectivity index (χ2v) is 8.18. The van der Waals surface area contributed by atoms with Crippen molar-refractivity contribution in [3.05, 3.63) is 53.3 Å². The fraction of sp³-hybridized carbons (Fsp3) is 0.318. The number of nitrogens with one attached hydrogen (secondary N) is 2. The van der Waals surface area contributed by atoms with E-state index in [1.165, 1.54) is 21.9 Å². The van der Waals surface area contributed by atoms with Gasteiger partial charge in [0.15, 0.2) is 0 Å². The Morgan fingerprint density at radius 1 is 1.12 bits per heavy atom. The number of aliphatic hydroxyl groups is 1. The Kier molecular flexibility index (Phi) is 6.77. The van der Waals surface area contributed by atoms with Crippen LogP contribution in [0.5, 0.6) is 0 Å². The summed E-state index contributed by atoms with van der Waals surface area (Å²) in [5, 5.41) is 15.8. The number of morpholine rings is 1. The molecule has 0 saturated carbocycles. The molecule has 0 spiro atoms. The van der Waals surface area contributed by atoms with E-state index in [0.29, 0.717) is 17.3 Å². The van der Waals surface area contributed by atoms with Gasteiger partial charge in [-0.05, 0) is 42.5 Å². The maximum atomic E-state index is 14.7. The average Bonchev–Trinajstić information content (AvgIpc) is 3.18. The summed E-state index contributed by atoms with van der Waals surface area (Å²) in [6.07, 6.45) is -0.828. The molecule has 33 heavy (non-hydrogen) atoms. The number of halogens is 2. The van der Waals surface area contributed by atoms with E-state index >= 15 is 0 Å². The molecule has 0 aromatic heterocycles. The number of hydrogen-bond donors (Lipinski definition) is 3. The van der Waals surface area contributed by atoms with Gasteiger partial charge in [-0.3, -0.25) is 9.59 Å². The zero-order valence-corrected chi connectivity index (χ0v) is 18.2. The van der Waals surface area contributed by atoms with E-state index in [9.17, 15) is 23.9 Å². The van der Waals surface area contributed by atoms with Crippen LogP contribution in [-0.4, -0.2) is 66.3 Å². The van der Waals surface area contributed by atoms with Crippen LogP contribution in [0, 0.1) is 5.82 Å². The van der Waals surface area contributed by atoms with Crippen LogP contribution >= 0.6 is 11.6 Å². The van der Waals surface area contributed by atoms with Crippen molar-refractivity contribution in [3.63, 3.8) is 0 Å². The van der Waals surface area contributed by atoms with Gasteiger partial charge in [-0.2, -0.15) is 0 Å². The van der Waals surface area contributed by atoms with Gasteiger partial charge in [0.2, 0.25) is 5.91 Å². The van der Waals surface area contributed by atoms with Crippen molar-refractivity contribution < 1.29 is 28.6 Å². The Morgan fingerprint density at radius 3 is 2.55 bits per heavy atom. The van der Waals surface area contributed by atoms with Gasteiger partial charge in [0, 0.05) is 35.9 Å². The van der Waals surface area contributed by atoms with E-state index < -0.39 is 29.9 Å². The lowest BCUT2D eigenvalue weighted by atomic mass is 10.1. The number of hydrogen-bond acceptors (Lipinski definition) is 5. The van der Waals surface area contributed by atoms with E-state index in [2.05, 4.69) is 10.6 Å². The number of anilines is 3. The number of rotatable bonds is 4. The van der Waals surface area contributed by atoms with Crippen molar-refractivity contribution in [2.75, 3.05) is 41.8 Å². The van der Waals surface area contributed by atoms with Gasteiger partial charge < -0.3 is 30.3 Å². The van der Waals surface area contributed by atoms with Crippen LogP contribution in [0.4, 0.5) is 26.2 Å². The second-order valence-electron chi connectivity index (χ2n) is 7.75. The molecule has 2 fully saturated rings. The predicted octanol–water partition coefficient (Wildman–Crippen LogP) is 2.45. The van der Waals surface area contributed by atoms with Gasteiger partial charge in [0.25, 0.3) is 5.91 Å². The Hall–Kier alpha value is -3.21. The monoisotopic (exact) mass is 476 g/mol. The zero-order valence-electron chi connectivity index (χ0n) is 17.5. The third-order valence-electron chi connectivity index (χ3n) is 5.43. The first-order valence-corrected chi connectivity index (χ1v) is 10.7. The number of urea groups is 1. The first kappa shape index (κ1) is 23.0. The highest BCUT2D eigenvalue weighted by atomic mass is 35.5. The topological polar surface area (TPSA) is 111 Å². The number of carbonyl (C=O) groups is 3. The molecule has 2 saturated heterocycles. The fourth-order valence-electron chi connectivity index (χ4n) is 3.82. The number of nitrogens with zero attached hydrogens (tertiary/aromatic N) is 2. The molecule has 2 aromatic rings. The molecule has 11 heteroatoms. The minimum absolute atomic E-state index is 0.0239. The third-order valence-corrected chi connectivity index (χ3v) is 5.68. The highest BCUT2D eigenvalue weighted by Crippen LogP contribution is 2.26. The summed E-state index contributed by atoms with van der Waals surface area (Å²) >= 11 is 5.85. The summed E-state index contributed by atoms with van der Waals surface area (Å²) in [5.41, 5.74) is 0.753. The first-order chi connectivity index (χ1) is 15.8. The smallest absolute Gasteiger partial charge is 0.322 e. The summed E-state index contributed by atoms with van der Waals surface area (Å²) < 4.78 is 19.7. The molecule has 174 valence electrons. The van der Waals surface area contributed by atoms with Gasteiger partial charge in [0.05, 0.1) is 18.4 Å². The van der Waals surface area contributed by atoms with Crippen LogP contribution in [0.3, 0.4) is 0 Å². The normalized spacial score (nSPS) is 20.6. The summed E-state index contributed by atoms with van der Waals surface area (Å²) in [6, 6.07) is 8.95. The molecule has 0 bridgehead atoms. The molecule has 2 aliphatic heterocycles. The largest absolute Gasteiger partial charge is 0.391 e. The molecule has 0 aliphatic carbocycles. The Bertz CT molecular complexity index is 1070. The highest BCUT2D eigenvalue weighted by molar-refractivity contribution is 6.30. The minimum atomic E-state index is -0.948. The van der Waals surface area contributed by atoms with Crippen molar-refractivity contribution >= 4 is 46.5 Å². The van der Waals surface area contributed by atoms with Crippen molar-refractivity contribution in [1.82, 2.24) is 4.90 Å². The van der Waals surface area contributed by atoms with Gasteiger partial charge >= 0.3 is 6.03 Å². The third kappa shape index (κ3) is 5.24. The molecular formula is C22H22ClFN4O5. The van der Waals surface area contributed by atoms with E-state index in [4.69, 9.17) is 16.3 Å². The van der Waals surface area contributed by atoms with E-state index in [-0.39, 0.29) is 43.4 Å². The quantitative estimate of drug-likeness (QED) is 0.627. The molecule has 2 atom stereocenters. The molecular weight excluding hydrogens is 455 g/mol. The van der Waals surface area contributed by atoms with E-state index in [0.717, 1.165) is 6.07 Å². The molecule has 0 radical (unpaired) electrons. The van der Waals surface area contributed by atoms with Crippen LogP contribution in [-0.2, 0) is 14.3 Å². The zero-order chi connectivity index (χ0) is 23.5. The van der Waals surface area contributed by atoms with E-state index in [1.54, 1.807) is 24.3 Å². The Labute approximate surface area is 194 Å². The number of carbonyl (C=O) groups excluding carboxylic acids is 3. The maximum Gasteiger partial charge on any atom is 0.322 e. The fourth-order valence-corrected chi connectivity index (χ4v) is 3.94. The molecule has 4 rings (SSSR count). The number of amides is 4. The molecule has 3 N–H and O–H groups in total. The highest BCUT2D eigenvalue weighted by Gasteiger charge is 2.39. The van der Waals surface area contributed by atoms with Gasteiger partial charge in [0.1, 0.15) is 18.5 Å². The Balaban J connectivity index is 1.44.